The third-order valence-electron chi connectivity index (χ3n) is 1.51. The van der Waals surface area contributed by atoms with Crippen LogP contribution < -0.4 is 0 Å². The molecular formula is C8H18OPt+2. The molecule has 0 fully saturated rings. The van der Waals surface area contributed by atoms with Crippen LogP contribution in [0.3, 0.4) is 0 Å². The summed E-state index contributed by atoms with van der Waals surface area (Å²) in [7, 11) is 0. The first-order valence-corrected chi connectivity index (χ1v) is 4.02. The fourth-order valence-corrected chi connectivity index (χ4v) is 0.892. The quantitative estimate of drug-likeness (QED) is 0.743. The molecule has 2 heteroatoms. The Balaban J connectivity index is 0. The van der Waals surface area contributed by atoms with Crippen molar-refractivity contribution >= 4 is 0 Å². The van der Waals surface area contributed by atoms with Crippen molar-refractivity contribution in [3.63, 3.8) is 0 Å². The van der Waals surface area contributed by atoms with E-state index in [1.807, 2.05) is 0 Å². The number of unbranched alkanes of at least 4 members (excludes halogenated alkanes) is 5. The van der Waals surface area contributed by atoms with Gasteiger partial charge in [-0.2, -0.15) is 0 Å². The zero-order chi connectivity index (χ0) is 6.95. The Hall–Kier alpha value is 0.648. The molecule has 0 radical (unpaired) electrons. The van der Waals surface area contributed by atoms with Crippen molar-refractivity contribution in [2.24, 2.45) is 0 Å². The molecule has 0 aromatic rings. The van der Waals surface area contributed by atoms with E-state index in [4.69, 9.17) is 5.11 Å². The maximum atomic E-state index is 8.42. The molecule has 10 heavy (non-hydrogen) atoms. The van der Waals surface area contributed by atoms with Crippen molar-refractivity contribution in [1.29, 1.82) is 0 Å². The summed E-state index contributed by atoms with van der Waals surface area (Å²) >= 11 is 0. The molecule has 0 saturated carbocycles. The maximum Gasteiger partial charge on any atom is 2.00 e. The third-order valence-corrected chi connectivity index (χ3v) is 1.51. The van der Waals surface area contributed by atoms with Crippen molar-refractivity contribution in [3.05, 3.63) is 0 Å². The first-order chi connectivity index (χ1) is 4.41. The molecule has 0 atom stereocenters. The van der Waals surface area contributed by atoms with Crippen LogP contribution in [0.15, 0.2) is 0 Å². The van der Waals surface area contributed by atoms with Crippen LogP contribution in [-0.4, -0.2) is 11.7 Å². The van der Waals surface area contributed by atoms with Crippen LogP contribution >= 0.6 is 0 Å². The second-order valence-electron chi connectivity index (χ2n) is 2.49. The largest absolute Gasteiger partial charge is 2.00 e. The fourth-order valence-electron chi connectivity index (χ4n) is 0.892. The smallest absolute Gasteiger partial charge is 0.396 e. The molecule has 0 rings (SSSR count). The first kappa shape index (κ1) is 13.3. The zero-order valence-electron chi connectivity index (χ0n) is 6.71. The molecule has 1 nitrogen and oxygen atoms in total. The van der Waals surface area contributed by atoms with Crippen molar-refractivity contribution in [2.75, 3.05) is 6.61 Å². The van der Waals surface area contributed by atoms with Gasteiger partial charge in [0.2, 0.25) is 0 Å². The Morgan fingerprint density at radius 2 is 1.40 bits per heavy atom. The summed E-state index contributed by atoms with van der Waals surface area (Å²) < 4.78 is 0. The molecule has 0 bridgehead atoms. The van der Waals surface area contributed by atoms with Gasteiger partial charge in [-0.05, 0) is 6.42 Å². The Morgan fingerprint density at radius 1 is 0.900 bits per heavy atom. The second-order valence-corrected chi connectivity index (χ2v) is 2.49. The van der Waals surface area contributed by atoms with Crippen LogP contribution in [0, 0.1) is 0 Å². The van der Waals surface area contributed by atoms with Gasteiger partial charge in [0.25, 0.3) is 0 Å². The number of aliphatic hydroxyl groups excluding tert-OH is 1. The molecule has 0 spiro atoms. The molecule has 0 heterocycles. The van der Waals surface area contributed by atoms with Crippen LogP contribution in [0.4, 0.5) is 0 Å². The van der Waals surface area contributed by atoms with Crippen molar-refractivity contribution in [3.8, 4) is 0 Å². The minimum absolute atomic E-state index is 0. The van der Waals surface area contributed by atoms with Crippen molar-refractivity contribution in [1.82, 2.24) is 0 Å². The molecule has 0 aliphatic heterocycles. The van der Waals surface area contributed by atoms with Crippen molar-refractivity contribution < 1.29 is 26.2 Å². The summed E-state index contributed by atoms with van der Waals surface area (Å²) in [4.78, 5) is 0. The Morgan fingerprint density at radius 3 is 1.90 bits per heavy atom. The van der Waals surface area contributed by atoms with E-state index in [2.05, 4.69) is 6.92 Å². The number of rotatable bonds is 6. The first-order valence-electron chi connectivity index (χ1n) is 4.02. The average molecular weight is 325 g/mol. The Bertz CT molecular complexity index is 42.5. The monoisotopic (exact) mass is 325 g/mol. The van der Waals surface area contributed by atoms with E-state index in [0.717, 1.165) is 6.42 Å². The molecule has 0 unspecified atom stereocenters. The van der Waals surface area contributed by atoms with Crippen LogP contribution in [0.2, 0.25) is 0 Å². The van der Waals surface area contributed by atoms with Crippen LogP contribution in [0.25, 0.3) is 0 Å². The van der Waals surface area contributed by atoms with Gasteiger partial charge in [-0.15, -0.1) is 0 Å². The van der Waals surface area contributed by atoms with Crippen LogP contribution in [0.1, 0.15) is 45.4 Å². The van der Waals surface area contributed by atoms with Crippen LogP contribution in [-0.2, 0) is 21.1 Å². The van der Waals surface area contributed by atoms with E-state index in [1.54, 1.807) is 0 Å². The molecule has 1 N–H and O–H groups in total. The van der Waals surface area contributed by atoms with Gasteiger partial charge in [-0.3, -0.25) is 0 Å². The summed E-state index contributed by atoms with van der Waals surface area (Å²) in [5.74, 6) is 0. The third kappa shape index (κ3) is 11.4. The van der Waals surface area contributed by atoms with Crippen molar-refractivity contribution in [2.45, 2.75) is 45.4 Å². The Kier molecular flexibility index (Phi) is 16.3. The molecule has 0 aliphatic rings. The number of aliphatic hydroxyl groups is 1. The van der Waals surface area contributed by atoms with Crippen LogP contribution in [0.5, 0.6) is 0 Å². The standard InChI is InChI=1S/C8H18O.Pt/c1-2-3-4-5-6-7-8-9;/h9H,2-8H2,1H3;/q;+2. The summed E-state index contributed by atoms with van der Waals surface area (Å²) in [6.07, 6.45) is 7.50. The Labute approximate surface area is 78.5 Å². The summed E-state index contributed by atoms with van der Waals surface area (Å²) in [5.41, 5.74) is 0. The van der Waals surface area contributed by atoms with E-state index >= 15 is 0 Å². The van der Waals surface area contributed by atoms with Gasteiger partial charge in [0, 0.05) is 6.61 Å². The minimum atomic E-state index is 0. The van der Waals surface area contributed by atoms with Gasteiger partial charge >= 0.3 is 21.1 Å². The summed E-state index contributed by atoms with van der Waals surface area (Å²) in [6.45, 7) is 2.58. The van der Waals surface area contributed by atoms with E-state index < -0.39 is 0 Å². The van der Waals surface area contributed by atoms with E-state index in [9.17, 15) is 0 Å². The molecule has 0 aromatic carbocycles. The van der Waals surface area contributed by atoms with Gasteiger partial charge in [-0.25, -0.2) is 0 Å². The minimum Gasteiger partial charge on any atom is -0.396 e. The summed E-state index contributed by atoms with van der Waals surface area (Å²) in [5, 5.41) is 8.42. The van der Waals surface area contributed by atoms with Gasteiger partial charge in [0.05, 0.1) is 0 Å². The SMILES string of the molecule is CCCCCCCCO.[Pt+2]. The molecule has 0 aliphatic carbocycles. The molecular weight excluding hydrogens is 307 g/mol. The number of hydrogen-bond donors (Lipinski definition) is 1. The normalized spacial score (nSPS) is 9.00. The predicted molar refractivity (Wildman–Crippen MR) is 40.5 cm³/mol. The van der Waals surface area contributed by atoms with Gasteiger partial charge in [-0.1, -0.05) is 39.0 Å². The molecule has 0 amide bonds. The second kappa shape index (κ2) is 12.3. The van der Waals surface area contributed by atoms with E-state index in [0.29, 0.717) is 6.61 Å². The molecule has 0 saturated heterocycles. The average Bonchev–Trinajstić information content (AvgIpc) is 1.89. The summed E-state index contributed by atoms with van der Waals surface area (Å²) in [6, 6.07) is 0. The number of hydrogen-bond acceptors (Lipinski definition) is 1. The van der Waals surface area contributed by atoms with E-state index in [1.165, 1.54) is 32.1 Å². The van der Waals surface area contributed by atoms with E-state index in [-0.39, 0.29) is 21.1 Å². The van der Waals surface area contributed by atoms with Gasteiger partial charge in [0.15, 0.2) is 0 Å². The van der Waals surface area contributed by atoms with Gasteiger partial charge < -0.3 is 5.11 Å². The molecule has 64 valence electrons. The predicted octanol–water partition coefficient (Wildman–Crippen LogP) is 2.34. The van der Waals surface area contributed by atoms with Gasteiger partial charge in [0.1, 0.15) is 0 Å². The topological polar surface area (TPSA) is 20.2 Å². The molecule has 0 aromatic heterocycles. The zero-order valence-corrected chi connectivity index (χ0v) is 8.99. The maximum absolute atomic E-state index is 8.42. The fraction of sp³-hybridized carbons (Fsp3) is 1.00.